The summed E-state index contributed by atoms with van der Waals surface area (Å²) in [6.07, 6.45) is 0. The Bertz CT molecular complexity index is 1410. The van der Waals surface area contributed by atoms with E-state index in [1.54, 1.807) is 53.9 Å². The lowest BCUT2D eigenvalue weighted by molar-refractivity contribution is -0.144. The maximum Gasteiger partial charge on any atom is 0.344 e. The van der Waals surface area contributed by atoms with E-state index in [0.717, 1.165) is 22.1 Å². The first-order valence-electron chi connectivity index (χ1n) is 10.3. The maximum absolute atomic E-state index is 12.6. The molecule has 0 saturated carbocycles. The summed E-state index contributed by atoms with van der Waals surface area (Å²) in [6, 6.07) is 22.5. The van der Waals surface area contributed by atoms with Crippen LogP contribution in [0.25, 0.3) is 10.8 Å². The number of esters is 1. The Balaban J connectivity index is 1.28. The van der Waals surface area contributed by atoms with Crippen molar-refractivity contribution in [1.82, 2.24) is 0 Å². The number of hydrogen-bond donors (Lipinski definition) is 0. The number of nitrogens with zero attached hydrogens (tertiary/aromatic N) is 1. The van der Waals surface area contributed by atoms with Crippen LogP contribution >= 0.6 is 11.3 Å². The standard InChI is InChI=1S/C25H21NO6S2/c1-26(34(29,30)25-7-4-14-33-25)21-10-12-22(13-11-21)31-17-24(28)32-16-23(27)20-9-8-18-5-2-3-6-19(18)15-20/h2-15H,16-17H2,1H3. The highest BCUT2D eigenvalue weighted by Gasteiger charge is 2.22. The van der Waals surface area contributed by atoms with Crippen molar-refractivity contribution in [3.8, 4) is 5.75 Å². The van der Waals surface area contributed by atoms with Crippen molar-refractivity contribution in [2.45, 2.75) is 4.21 Å². The topological polar surface area (TPSA) is 90.0 Å². The molecule has 0 saturated heterocycles. The number of fused-ring (bicyclic) bond motifs is 1. The molecule has 1 heterocycles. The van der Waals surface area contributed by atoms with Crippen LogP contribution in [0.15, 0.2) is 88.5 Å². The molecule has 0 fully saturated rings. The van der Waals surface area contributed by atoms with Gasteiger partial charge in [-0.3, -0.25) is 9.10 Å². The minimum Gasteiger partial charge on any atom is -0.482 e. The fourth-order valence-corrected chi connectivity index (χ4v) is 5.57. The molecule has 0 aliphatic carbocycles. The van der Waals surface area contributed by atoms with Gasteiger partial charge in [0.2, 0.25) is 0 Å². The fraction of sp³-hybridized carbons (Fsp3) is 0.120. The molecule has 0 unspecified atom stereocenters. The number of hydrogen-bond acceptors (Lipinski definition) is 7. The van der Waals surface area contributed by atoms with Crippen LogP contribution in [0.2, 0.25) is 0 Å². The molecule has 9 heteroatoms. The Morgan fingerprint density at radius 3 is 2.32 bits per heavy atom. The Kier molecular flexibility index (Phi) is 6.95. The highest BCUT2D eigenvalue weighted by atomic mass is 32.2. The Morgan fingerprint density at radius 1 is 0.882 bits per heavy atom. The third-order valence-corrected chi connectivity index (χ3v) is 8.26. The van der Waals surface area contributed by atoms with Crippen LogP contribution in [0.1, 0.15) is 10.4 Å². The number of sulfonamides is 1. The number of carbonyl (C=O) groups is 2. The van der Waals surface area contributed by atoms with Crippen molar-refractivity contribution in [1.29, 1.82) is 0 Å². The Labute approximate surface area is 201 Å². The molecule has 174 valence electrons. The molecule has 3 aromatic carbocycles. The van der Waals surface area contributed by atoms with Gasteiger partial charge in [-0.1, -0.05) is 42.5 Å². The van der Waals surface area contributed by atoms with Gasteiger partial charge in [0.15, 0.2) is 19.0 Å². The highest BCUT2D eigenvalue weighted by Crippen LogP contribution is 2.26. The molecule has 0 N–H and O–H groups in total. The second kappa shape index (κ2) is 10.1. The number of rotatable bonds is 9. The van der Waals surface area contributed by atoms with Gasteiger partial charge in [0.05, 0.1) is 5.69 Å². The van der Waals surface area contributed by atoms with Crippen molar-refractivity contribution >= 4 is 49.6 Å². The van der Waals surface area contributed by atoms with Crippen LogP contribution in [-0.2, 0) is 19.6 Å². The zero-order valence-corrected chi connectivity index (χ0v) is 19.8. The molecule has 7 nitrogen and oxygen atoms in total. The average Bonchev–Trinajstić information content (AvgIpc) is 3.41. The molecule has 0 amide bonds. The average molecular weight is 496 g/mol. The summed E-state index contributed by atoms with van der Waals surface area (Å²) in [5, 5.41) is 3.65. The second-order valence-corrected chi connectivity index (χ2v) is 10.5. The van der Waals surface area contributed by atoms with E-state index in [4.69, 9.17) is 9.47 Å². The van der Waals surface area contributed by atoms with E-state index in [1.165, 1.54) is 11.4 Å². The number of benzene rings is 3. The number of Topliss-reactive ketones (excluding diaryl/α,β-unsaturated/α-hetero) is 1. The lowest BCUT2D eigenvalue weighted by Gasteiger charge is -2.18. The van der Waals surface area contributed by atoms with Gasteiger partial charge in [-0.15, -0.1) is 11.3 Å². The van der Waals surface area contributed by atoms with E-state index in [9.17, 15) is 18.0 Å². The summed E-state index contributed by atoms with van der Waals surface area (Å²) in [6.45, 7) is -0.765. The fourth-order valence-electron chi connectivity index (χ4n) is 3.21. The van der Waals surface area contributed by atoms with Gasteiger partial charge in [0.1, 0.15) is 9.96 Å². The SMILES string of the molecule is CN(c1ccc(OCC(=O)OCC(=O)c2ccc3ccccc3c2)cc1)S(=O)(=O)c1cccs1. The Morgan fingerprint density at radius 2 is 1.62 bits per heavy atom. The molecular weight excluding hydrogens is 474 g/mol. The van der Waals surface area contributed by atoms with Crippen LogP contribution in [0, 0.1) is 0 Å². The molecule has 34 heavy (non-hydrogen) atoms. The van der Waals surface area contributed by atoms with Gasteiger partial charge in [0, 0.05) is 12.6 Å². The summed E-state index contributed by atoms with van der Waals surface area (Å²) in [5.41, 5.74) is 0.911. The summed E-state index contributed by atoms with van der Waals surface area (Å²) in [7, 11) is -2.17. The number of carbonyl (C=O) groups excluding carboxylic acids is 2. The summed E-state index contributed by atoms with van der Waals surface area (Å²) < 4.78 is 37.1. The largest absolute Gasteiger partial charge is 0.482 e. The second-order valence-electron chi connectivity index (χ2n) is 7.33. The van der Waals surface area contributed by atoms with Crippen molar-refractivity contribution in [3.63, 3.8) is 0 Å². The molecule has 0 spiro atoms. The van der Waals surface area contributed by atoms with Gasteiger partial charge in [0.25, 0.3) is 10.0 Å². The summed E-state index contributed by atoms with van der Waals surface area (Å²) >= 11 is 1.14. The van der Waals surface area contributed by atoms with E-state index in [-0.39, 0.29) is 23.2 Å². The lowest BCUT2D eigenvalue weighted by Crippen LogP contribution is -2.25. The predicted octanol–water partition coefficient (Wildman–Crippen LogP) is 4.53. The maximum atomic E-state index is 12.6. The highest BCUT2D eigenvalue weighted by molar-refractivity contribution is 7.94. The van der Waals surface area contributed by atoms with Crippen LogP contribution in [-0.4, -0.2) is 40.4 Å². The monoisotopic (exact) mass is 495 g/mol. The number of ether oxygens (including phenoxy) is 2. The molecule has 0 bridgehead atoms. The number of thiophene rings is 1. The van der Waals surface area contributed by atoms with Crippen LogP contribution < -0.4 is 9.04 Å². The molecule has 4 rings (SSSR count). The molecule has 4 aromatic rings. The lowest BCUT2D eigenvalue weighted by atomic mass is 10.0. The van der Waals surface area contributed by atoms with Gasteiger partial charge in [-0.25, -0.2) is 13.2 Å². The third-order valence-electron chi connectivity index (χ3n) is 5.10. The van der Waals surface area contributed by atoms with Gasteiger partial charge in [-0.2, -0.15) is 0 Å². The quantitative estimate of drug-likeness (QED) is 0.250. The molecule has 0 aliphatic rings. The van der Waals surface area contributed by atoms with E-state index in [2.05, 4.69) is 0 Å². The normalized spacial score (nSPS) is 11.2. The van der Waals surface area contributed by atoms with Crippen molar-refractivity contribution in [2.75, 3.05) is 24.6 Å². The molecule has 1 aromatic heterocycles. The molecule has 0 aliphatic heterocycles. The van der Waals surface area contributed by atoms with Crippen molar-refractivity contribution < 1.29 is 27.5 Å². The van der Waals surface area contributed by atoms with E-state index >= 15 is 0 Å². The van der Waals surface area contributed by atoms with E-state index in [1.807, 2.05) is 30.3 Å². The smallest absolute Gasteiger partial charge is 0.344 e. The van der Waals surface area contributed by atoms with E-state index < -0.39 is 16.0 Å². The molecule has 0 radical (unpaired) electrons. The number of ketones is 1. The van der Waals surface area contributed by atoms with Gasteiger partial charge < -0.3 is 9.47 Å². The van der Waals surface area contributed by atoms with Gasteiger partial charge in [-0.05, 0) is 52.6 Å². The number of anilines is 1. The molecular formula is C25H21NO6S2. The predicted molar refractivity (Wildman–Crippen MR) is 131 cm³/mol. The first kappa shape index (κ1) is 23.5. The van der Waals surface area contributed by atoms with Crippen molar-refractivity contribution in [2.24, 2.45) is 0 Å². The van der Waals surface area contributed by atoms with Crippen LogP contribution in [0.3, 0.4) is 0 Å². The summed E-state index contributed by atoms with van der Waals surface area (Å²) in [5.74, 6) is -0.627. The van der Waals surface area contributed by atoms with Crippen LogP contribution in [0.4, 0.5) is 5.69 Å². The zero-order valence-electron chi connectivity index (χ0n) is 18.2. The van der Waals surface area contributed by atoms with Gasteiger partial charge >= 0.3 is 5.97 Å². The first-order chi connectivity index (χ1) is 16.3. The van der Waals surface area contributed by atoms with E-state index in [0.29, 0.717) is 17.0 Å². The van der Waals surface area contributed by atoms with Crippen LogP contribution in [0.5, 0.6) is 5.75 Å². The minimum absolute atomic E-state index is 0.247. The van der Waals surface area contributed by atoms with Crippen molar-refractivity contribution in [3.05, 3.63) is 89.8 Å². The first-order valence-corrected chi connectivity index (χ1v) is 12.6. The minimum atomic E-state index is -3.63. The molecule has 0 atom stereocenters. The third kappa shape index (κ3) is 5.27. The summed E-state index contributed by atoms with van der Waals surface area (Å²) in [4.78, 5) is 24.4. The zero-order chi connectivity index (χ0) is 24.1. The Hall–Kier alpha value is -3.69.